The molecule has 0 saturated carbocycles. The number of ether oxygens (including phenoxy) is 1. The van der Waals surface area contributed by atoms with E-state index in [0.29, 0.717) is 0 Å². The molecule has 0 aliphatic heterocycles. The van der Waals surface area contributed by atoms with E-state index in [9.17, 15) is 0 Å². The SMILES string of the molecule is C=COC=C.[SiH3]c1ccccc1. The van der Waals surface area contributed by atoms with E-state index in [1.54, 1.807) is 0 Å². The van der Waals surface area contributed by atoms with Gasteiger partial charge in [0.1, 0.15) is 0 Å². The fourth-order valence-corrected chi connectivity index (χ4v) is 0.987. The van der Waals surface area contributed by atoms with Crippen LogP contribution in [0.4, 0.5) is 0 Å². The topological polar surface area (TPSA) is 9.23 Å². The first-order valence-corrected chi connectivity index (χ1v) is 4.70. The molecule has 0 unspecified atom stereocenters. The van der Waals surface area contributed by atoms with Crippen LogP contribution in [0.15, 0.2) is 56.0 Å². The summed E-state index contributed by atoms with van der Waals surface area (Å²) >= 11 is 0. The molecule has 0 bridgehead atoms. The molecule has 0 spiro atoms. The summed E-state index contributed by atoms with van der Waals surface area (Å²) in [5.41, 5.74) is 0. The van der Waals surface area contributed by atoms with Crippen molar-refractivity contribution in [2.24, 2.45) is 0 Å². The highest BCUT2D eigenvalue weighted by atomic mass is 28.1. The van der Waals surface area contributed by atoms with E-state index >= 15 is 0 Å². The van der Waals surface area contributed by atoms with E-state index in [-0.39, 0.29) is 0 Å². The Balaban J connectivity index is 0.000000217. The van der Waals surface area contributed by atoms with E-state index in [4.69, 9.17) is 0 Å². The van der Waals surface area contributed by atoms with Gasteiger partial charge in [-0.1, -0.05) is 48.7 Å². The predicted molar refractivity (Wildman–Crippen MR) is 57.5 cm³/mol. The Bertz CT molecular complexity index is 213. The first kappa shape index (κ1) is 10.7. The van der Waals surface area contributed by atoms with Crippen LogP contribution in [0.2, 0.25) is 0 Å². The van der Waals surface area contributed by atoms with E-state index in [0.717, 1.165) is 0 Å². The summed E-state index contributed by atoms with van der Waals surface area (Å²) in [6.45, 7) is 6.51. The minimum Gasteiger partial charge on any atom is -0.474 e. The fourth-order valence-electron chi connectivity index (χ4n) is 0.602. The second-order valence-electron chi connectivity index (χ2n) is 2.12. The van der Waals surface area contributed by atoms with Crippen LogP contribution in [0.1, 0.15) is 0 Å². The fraction of sp³-hybridized carbons (Fsp3) is 0. The Labute approximate surface area is 76.8 Å². The highest BCUT2D eigenvalue weighted by Gasteiger charge is 1.72. The molecule has 0 heterocycles. The molecular formula is C10H14OSi. The average Bonchev–Trinajstić information content (AvgIpc) is 2.08. The lowest BCUT2D eigenvalue weighted by atomic mass is 10.4. The Morgan fingerprint density at radius 3 is 1.75 bits per heavy atom. The maximum atomic E-state index is 4.36. The Morgan fingerprint density at radius 2 is 1.58 bits per heavy atom. The molecule has 2 heteroatoms. The number of rotatable bonds is 2. The summed E-state index contributed by atoms with van der Waals surface area (Å²) < 4.78 is 4.36. The lowest BCUT2D eigenvalue weighted by molar-refractivity contribution is 0.406. The summed E-state index contributed by atoms with van der Waals surface area (Å²) in [5, 5.41) is 1.46. The molecular weight excluding hydrogens is 164 g/mol. The van der Waals surface area contributed by atoms with Crippen molar-refractivity contribution in [1.82, 2.24) is 0 Å². The normalized spacial score (nSPS) is 7.67. The van der Waals surface area contributed by atoms with Crippen molar-refractivity contribution >= 4 is 15.4 Å². The van der Waals surface area contributed by atoms with E-state index in [1.165, 1.54) is 28.0 Å². The lowest BCUT2D eigenvalue weighted by Crippen LogP contribution is -1.97. The molecule has 0 aliphatic carbocycles. The van der Waals surface area contributed by atoms with Gasteiger partial charge in [-0.25, -0.2) is 0 Å². The van der Waals surface area contributed by atoms with Crippen molar-refractivity contribution in [3.8, 4) is 0 Å². The van der Waals surface area contributed by atoms with Gasteiger partial charge in [0.2, 0.25) is 0 Å². The molecule has 64 valence electrons. The molecule has 0 fully saturated rings. The van der Waals surface area contributed by atoms with Gasteiger partial charge in [0.25, 0.3) is 0 Å². The zero-order valence-corrected chi connectivity index (χ0v) is 9.36. The number of benzene rings is 1. The highest BCUT2D eigenvalue weighted by molar-refractivity contribution is 6.32. The summed E-state index contributed by atoms with van der Waals surface area (Å²) in [5.74, 6) is 0. The van der Waals surface area contributed by atoms with Gasteiger partial charge in [0, 0.05) is 10.2 Å². The van der Waals surface area contributed by atoms with Gasteiger partial charge < -0.3 is 4.74 Å². The zero-order valence-electron chi connectivity index (χ0n) is 7.36. The minimum absolute atomic E-state index is 1.17. The highest BCUT2D eigenvalue weighted by Crippen LogP contribution is 1.76. The molecule has 1 aromatic carbocycles. The van der Waals surface area contributed by atoms with Gasteiger partial charge >= 0.3 is 0 Å². The third kappa shape index (κ3) is 6.83. The van der Waals surface area contributed by atoms with Crippen molar-refractivity contribution in [2.75, 3.05) is 0 Å². The molecule has 0 atom stereocenters. The van der Waals surface area contributed by atoms with Gasteiger partial charge in [0.05, 0.1) is 12.5 Å². The third-order valence-electron chi connectivity index (χ3n) is 1.13. The van der Waals surface area contributed by atoms with E-state index < -0.39 is 0 Å². The summed E-state index contributed by atoms with van der Waals surface area (Å²) in [6, 6.07) is 10.5. The van der Waals surface area contributed by atoms with Gasteiger partial charge in [-0.3, -0.25) is 0 Å². The molecule has 0 amide bonds. The first-order chi connectivity index (χ1) is 5.81. The second kappa shape index (κ2) is 7.82. The van der Waals surface area contributed by atoms with Crippen LogP contribution in [-0.2, 0) is 4.74 Å². The molecule has 12 heavy (non-hydrogen) atoms. The monoisotopic (exact) mass is 178 g/mol. The third-order valence-corrected chi connectivity index (χ3v) is 1.80. The molecule has 0 saturated heterocycles. The predicted octanol–water partition coefficient (Wildman–Crippen LogP) is 0.967. The van der Waals surface area contributed by atoms with Crippen LogP contribution in [0.25, 0.3) is 0 Å². The lowest BCUT2D eigenvalue weighted by Gasteiger charge is -1.82. The van der Waals surface area contributed by atoms with Crippen molar-refractivity contribution < 1.29 is 4.74 Å². The number of hydrogen-bond donors (Lipinski definition) is 0. The van der Waals surface area contributed by atoms with Gasteiger partial charge in [0.15, 0.2) is 0 Å². The zero-order chi connectivity index (χ0) is 9.23. The van der Waals surface area contributed by atoms with Crippen molar-refractivity contribution in [1.29, 1.82) is 0 Å². The summed E-state index contributed by atoms with van der Waals surface area (Å²) in [7, 11) is 1.17. The van der Waals surface area contributed by atoms with Crippen LogP contribution in [0.3, 0.4) is 0 Å². The number of hydrogen-bond acceptors (Lipinski definition) is 1. The Kier molecular flexibility index (Phi) is 6.98. The van der Waals surface area contributed by atoms with Crippen LogP contribution in [0.5, 0.6) is 0 Å². The summed E-state index contributed by atoms with van der Waals surface area (Å²) in [4.78, 5) is 0. The van der Waals surface area contributed by atoms with Crippen molar-refractivity contribution in [3.05, 3.63) is 56.0 Å². The van der Waals surface area contributed by atoms with Gasteiger partial charge in [-0.15, -0.1) is 0 Å². The van der Waals surface area contributed by atoms with Gasteiger partial charge in [-0.2, -0.15) is 0 Å². The molecule has 1 aromatic rings. The molecule has 0 N–H and O–H groups in total. The van der Waals surface area contributed by atoms with Crippen LogP contribution >= 0.6 is 0 Å². The quantitative estimate of drug-likeness (QED) is 0.484. The maximum absolute atomic E-state index is 4.36. The van der Waals surface area contributed by atoms with E-state index in [2.05, 4.69) is 42.2 Å². The van der Waals surface area contributed by atoms with Gasteiger partial charge in [-0.05, 0) is 0 Å². The summed E-state index contributed by atoms with van der Waals surface area (Å²) in [6.07, 6.45) is 2.62. The maximum Gasteiger partial charge on any atom is 0.0829 e. The molecule has 0 aliphatic rings. The second-order valence-corrected chi connectivity index (χ2v) is 3.28. The largest absolute Gasteiger partial charge is 0.474 e. The average molecular weight is 178 g/mol. The molecule has 0 radical (unpaired) electrons. The molecule has 0 aromatic heterocycles. The van der Waals surface area contributed by atoms with Crippen molar-refractivity contribution in [2.45, 2.75) is 0 Å². The van der Waals surface area contributed by atoms with Crippen LogP contribution in [0, 0.1) is 0 Å². The molecule has 1 rings (SSSR count). The van der Waals surface area contributed by atoms with E-state index in [1.807, 2.05) is 6.07 Å². The minimum atomic E-state index is 1.17. The standard InChI is InChI=1S/C6H8Si.C4H6O/c7-6-4-2-1-3-5-6;1-3-5-4-2/h1-5H,7H3;3-4H,1-2H2. The first-order valence-electron chi connectivity index (χ1n) is 3.70. The Morgan fingerprint density at radius 1 is 1.08 bits per heavy atom. The molecule has 1 nitrogen and oxygen atoms in total. The van der Waals surface area contributed by atoms with Crippen LogP contribution < -0.4 is 5.19 Å². The smallest absolute Gasteiger partial charge is 0.0829 e. The van der Waals surface area contributed by atoms with Crippen LogP contribution in [-0.4, -0.2) is 10.2 Å². The van der Waals surface area contributed by atoms with Crippen molar-refractivity contribution in [3.63, 3.8) is 0 Å². The Hall–Kier alpha value is -1.28.